The van der Waals surface area contributed by atoms with E-state index in [1.54, 1.807) is 12.1 Å². The summed E-state index contributed by atoms with van der Waals surface area (Å²) in [5, 5.41) is 21.2. The maximum Gasteiger partial charge on any atom is 0.261 e. The molecule has 1 aromatic rings. The average Bonchev–Trinajstić information content (AvgIpc) is 2.56. The maximum atomic E-state index is 12.1. The summed E-state index contributed by atoms with van der Waals surface area (Å²) in [4.78, 5) is 16.6. The van der Waals surface area contributed by atoms with E-state index in [4.69, 9.17) is 5.26 Å². The van der Waals surface area contributed by atoms with E-state index in [1.807, 2.05) is 6.07 Å². The number of phenolic OH excluding ortho intramolecular Hbond substituents is 1. The van der Waals surface area contributed by atoms with E-state index in [-0.39, 0.29) is 17.2 Å². The normalized spacial score (nSPS) is 16.8. The lowest BCUT2D eigenvalue weighted by Crippen LogP contribution is -2.47. The Morgan fingerprint density at radius 3 is 2.57 bits per heavy atom. The smallest absolute Gasteiger partial charge is 0.261 e. The fourth-order valence-electron chi connectivity index (χ4n) is 2.38. The van der Waals surface area contributed by atoms with Crippen molar-refractivity contribution in [2.75, 3.05) is 46.3 Å². The minimum atomic E-state index is -0.366. The Hall–Kier alpha value is -2.36. The van der Waals surface area contributed by atoms with Crippen molar-refractivity contribution >= 4 is 12.0 Å². The van der Waals surface area contributed by atoms with Crippen molar-refractivity contribution < 1.29 is 9.90 Å². The number of benzene rings is 1. The van der Waals surface area contributed by atoms with Gasteiger partial charge in [-0.05, 0) is 30.8 Å². The second-order valence-electron chi connectivity index (χ2n) is 5.66. The number of aromatic hydroxyl groups is 1. The van der Waals surface area contributed by atoms with E-state index >= 15 is 0 Å². The van der Waals surface area contributed by atoms with E-state index in [0.717, 1.165) is 32.7 Å². The number of amides is 1. The number of hydrogen-bond donors (Lipinski definition) is 2. The van der Waals surface area contributed by atoms with Crippen molar-refractivity contribution in [3.05, 3.63) is 35.4 Å². The standard InChI is InChI=1S/C17H22N4O2/c1-20-8-10-21(11-9-20)7-6-19-17(23)15(13-18)12-14-2-4-16(22)5-3-14/h2-5,12,22H,6-11H2,1H3,(H,19,23)/b15-12+. The molecule has 6 heteroatoms. The molecule has 0 unspecified atom stereocenters. The lowest BCUT2D eigenvalue weighted by molar-refractivity contribution is -0.117. The molecule has 1 amide bonds. The van der Waals surface area contributed by atoms with Crippen LogP contribution in [0.4, 0.5) is 0 Å². The predicted molar refractivity (Wildman–Crippen MR) is 88.6 cm³/mol. The Labute approximate surface area is 136 Å². The number of carbonyl (C=O) groups is 1. The van der Waals surface area contributed by atoms with E-state index in [2.05, 4.69) is 22.2 Å². The molecule has 0 saturated carbocycles. The van der Waals surface area contributed by atoms with E-state index in [9.17, 15) is 9.90 Å². The van der Waals surface area contributed by atoms with Gasteiger partial charge < -0.3 is 15.3 Å². The van der Waals surface area contributed by atoms with Gasteiger partial charge >= 0.3 is 0 Å². The summed E-state index contributed by atoms with van der Waals surface area (Å²) in [5.74, 6) is -0.216. The molecule has 2 rings (SSSR count). The molecule has 122 valence electrons. The number of phenols is 1. The Morgan fingerprint density at radius 1 is 1.30 bits per heavy atom. The SMILES string of the molecule is CN1CCN(CCNC(=O)/C(C#N)=C/c2ccc(O)cc2)CC1. The van der Waals surface area contributed by atoms with Gasteiger partial charge in [-0.1, -0.05) is 12.1 Å². The molecule has 0 radical (unpaired) electrons. The van der Waals surface area contributed by atoms with Crippen LogP contribution >= 0.6 is 0 Å². The second-order valence-corrected chi connectivity index (χ2v) is 5.66. The predicted octanol–water partition coefficient (Wildman–Crippen LogP) is 0.663. The van der Waals surface area contributed by atoms with Crippen LogP contribution in [0.3, 0.4) is 0 Å². The van der Waals surface area contributed by atoms with E-state index in [0.29, 0.717) is 12.1 Å². The van der Waals surface area contributed by atoms with Crippen molar-refractivity contribution in [1.82, 2.24) is 15.1 Å². The van der Waals surface area contributed by atoms with Gasteiger partial charge in [-0.3, -0.25) is 9.69 Å². The third kappa shape index (κ3) is 5.40. The number of nitriles is 1. The molecule has 1 heterocycles. The molecule has 0 aromatic heterocycles. The third-order valence-corrected chi connectivity index (χ3v) is 3.88. The van der Waals surface area contributed by atoms with E-state index in [1.165, 1.54) is 18.2 Å². The fourth-order valence-corrected chi connectivity index (χ4v) is 2.38. The molecule has 1 aliphatic heterocycles. The monoisotopic (exact) mass is 314 g/mol. The van der Waals surface area contributed by atoms with Crippen LogP contribution in [0.5, 0.6) is 5.75 Å². The molecule has 1 aromatic carbocycles. The highest BCUT2D eigenvalue weighted by Crippen LogP contribution is 2.12. The molecule has 2 N–H and O–H groups in total. The number of rotatable bonds is 5. The molecule has 1 fully saturated rings. The Bertz CT molecular complexity index is 596. The zero-order valence-corrected chi connectivity index (χ0v) is 13.3. The summed E-state index contributed by atoms with van der Waals surface area (Å²) in [6.07, 6.45) is 1.52. The Kier molecular flexibility index (Phi) is 6.15. The lowest BCUT2D eigenvalue weighted by Gasteiger charge is -2.32. The first-order chi connectivity index (χ1) is 11.1. The Balaban J connectivity index is 1.83. The molecule has 1 saturated heterocycles. The summed E-state index contributed by atoms with van der Waals surface area (Å²) in [6, 6.07) is 8.28. The van der Waals surface area contributed by atoms with Gasteiger partial charge in [0.15, 0.2) is 0 Å². The van der Waals surface area contributed by atoms with Crippen molar-refractivity contribution in [1.29, 1.82) is 5.26 Å². The highest BCUT2D eigenvalue weighted by Gasteiger charge is 2.14. The molecule has 0 aliphatic carbocycles. The molecule has 0 bridgehead atoms. The summed E-state index contributed by atoms with van der Waals surface area (Å²) in [6.45, 7) is 5.40. The minimum Gasteiger partial charge on any atom is -0.508 e. The first-order valence-corrected chi connectivity index (χ1v) is 7.68. The molecule has 6 nitrogen and oxygen atoms in total. The van der Waals surface area contributed by atoms with Crippen LogP contribution in [0, 0.1) is 11.3 Å². The lowest BCUT2D eigenvalue weighted by atomic mass is 10.1. The quantitative estimate of drug-likeness (QED) is 0.617. The molecule has 0 atom stereocenters. The number of nitrogens with one attached hydrogen (secondary N) is 1. The number of piperazine rings is 1. The molecule has 23 heavy (non-hydrogen) atoms. The second kappa shape index (κ2) is 8.32. The van der Waals surface area contributed by atoms with Gasteiger partial charge in [-0.25, -0.2) is 0 Å². The van der Waals surface area contributed by atoms with Crippen LogP contribution < -0.4 is 5.32 Å². The highest BCUT2D eigenvalue weighted by atomic mass is 16.3. The van der Waals surface area contributed by atoms with Gasteiger partial charge in [0.25, 0.3) is 5.91 Å². The number of carbonyl (C=O) groups excluding carboxylic acids is 1. The molecule has 0 spiro atoms. The molecular weight excluding hydrogens is 292 g/mol. The van der Waals surface area contributed by atoms with Crippen molar-refractivity contribution in [2.45, 2.75) is 0 Å². The van der Waals surface area contributed by atoms with Crippen LogP contribution in [-0.4, -0.2) is 67.1 Å². The highest BCUT2D eigenvalue weighted by molar-refractivity contribution is 6.01. The van der Waals surface area contributed by atoms with Crippen molar-refractivity contribution in [2.24, 2.45) is 0 Å². The van der Waals surface area contributed by atoms with Crippen LogP contribution in [0.1, 0.15) is 5.56 Å². The van der Waals surface area contributed by atoms with Gasteiger partial charge in [0.1, 0.15) is 17.4 Å². The van der Waals surface area contributed by atoms with Crippen molar-refractivity contribution in [3.63, 3.8) is 0 Å². The Morgan fingerprint density at radius 2 is 1.96 bits per heavy atom. The van der Waals surface area contributed by atoms with Gasteiger partial charge in [0.05, 0.1) is 0 Å². The van der Waals surface area contributed by atoms with Gasteiger partial charge in [-0.15, -0.1) is 0 Å². The molecule has 1 aliphatic rings. The largest absolute Gasteiger partial charge is 0.508 e. The number of hydrogen-bond acceptors (Lipinski definition) is 5. The van der Waals surface area contributed by atoms with Crippen LogP contribution in [0.15, 0.2) is 29.8 Å². The summed E-state index contributed by atoms with van der Waals surface area (Å²) < 4.78 is 0. The van der Waals surface area contributed by atoms with E-state index < -0.39 is 0 Å². The zero-order chi connectivity index (χ0) is 16.7. The zero-order valence-electron chi connectivity index (χ0n) is 13.3. The minimum absolute atomic E-state index is 0.0640. The fraction of sp³-hybridized carbons (Fsp3) is 0.412. The average molecular weight is 314 g/mol. The first kappa shape index (κ1) is 17.0. The molecular formula is C17H22N4O2. The summed E-state index contributed by atoms with van der Waals surface area (Å²) in [5.41, 5.74) is 0.766. The number of nitrogens with zero attached hydrogens (tertiary/aromatic N) is 3. The maximum absolute atomic E-state index is 12.1. The number of likely N-dealkylation sites (N-methyl/N-ethyl adjacent to an activating group) is 1. The van der Waals surface area contributed by atoms with Crippen LogP contribution in [0.25, 0.3) is 6.08 Å². The van der Waals surface area contributed by atoms with Gasteiger partial charge in [-0.2, -0.15) is 5.26 Å². The summed E-state index contributed by atoms with van der Waals surface area (Å²) in [7, 11) is 2.10. The van der Waals surface area contributed by atoms with Crippen LogP contribution in [0.2, 0.25) is 0 Å². The third-order valence-electron chi connectivity index (χ3n) is 3.88. The topological polar surface area (TPSA) is 79.6 Å². The van der Waals surface area contributed by atoms with Gasteiger partial charge in [0.2, 0.25) is 0 Å². The van der Waals surface area contributed by atoms with Crippen molar-refractivity contribution in [3.8, 4) is 11.8 Å². The van der Waals surface area contributed by atoms with Crippen LogP contribution in [-0.2, 0) is 4.79 Å². The summed E-state index contributed by atoms with van der Waals surface area (Å²) >= 11 is 0. The first-order valence-electron chi connectivity index (χ1n) is 7.68. The van der Waals surface area contributed by atoms with Gasteiger partial charge in [0, 0.05) is 39.3 Å².